The summed E-state index contributed by atoms with van der Waals surface area (Å²) in [7, 11) is 0. The molecule has 106 valence electrons. The molecule has 4 nitrogen and oxygen atoms in total. The molecule has 8 heteroatoms. The number of carboxylic acids is 1. The summed E-state index contributed by atoms with van der Waals surface area (Å²) in [4.78, 5) is 11.2. The number of hydrogen-bond donors (Lipinski definition) is 1. The molecule has 0 spiro atoms. The molecule has 3 rings (SSSR count). The average Bonchev–Trinajstić information content (AvgIpc) is 2.82. The minimum Gasteiger partial charge on any atom is -0.478 e. The van der Waals surface area contributed by atoms with E-state index in [1.54, 1.807) is 6.07 Å². The summed E-state index contributed by atoms with van der Waals surface area (Å²) in [6, 6.07) is 4.14. The zero-order chi connectivity index (χ0) is 14.7. The van der Waals surface area contributed by atoms with E-state index in [-0.39, 0.29) is 11.1 Å². The Kier molecular flexibility index (Phi) is 2.84. The monoisotopic (exact) mass is 350 g/mol. The Balaban J connectivity index is 2.10. The van der Waals surface area contributed by atoms with Gasteiger partial charge in [-0.25, -0.2) is 4.79 Å². The van der Waals surface area contributed by atoms with E-state index in [4.69, 9.17) is 9.84 Å². The van der Waals surface area contributed by atoms with Crippen molar-refractivity contribution in [3.8, 4) is 5.75 Å². The Morgan fingerprint density at radius 2 is 2.05 bits per heavy atom. The molecule has 0 unspecified atom stereocenters. The maximum atomic E-state index is 12.4. The van der Waals surface area contributed by atoms with E-state index in [2.05, 4.69) is 20.7 Å². The van der Waals surface area contributed by atoms with Crippen molar-refractivity contribution >= 4 is 21.9 Å². The molecular formula is C12H6BrF3O4. The van der Waals surface area contributed by atoms with Gasteiger partial charge in [-0.15, -0.1) is 13.2 Å². The predicted octanol–water partition coefficient (Wildman–Crippen LogP) is 3.44. The van der Waals surface area contributed by atoms with Crippen molar-refractivity contribution in [3.63, 3.8) is 0 Å². The topological polar surface area (TPSA) is 55.8 Å². The van der Waals surface area contributed by atoms with Crippen molar-refractivity contribution in [2.75, 3.05) is 0 Å². The Morgan fingerprint density at radius 1 is 1.35 bits per heavy atom. The molecule has 1 aromatic rings. The number of halogens is 4. The van der Waals surface area contributed by atoms with Crippen LogP contribution in [0.3, 0.4) is 0 Å². The molecule has 1 N–H and O–H groups in total. The number of rotatable bonds is 2. The van der Waals surface area contributed by atoms with Crippen LogP contribution in [0.15, 0.2) is 28.3 Å². The third kappa shape index (κ3) is 1.90. The molecule has 0 saturated carbocycles. The minimum absolute atomic E-state index is 0.0966. The first-order valence-corrected chi connectivity index (χ1v) is 6.26. The second-order valence-electron chi connectivity index (χ2n) is 4.27. The van der Waals surface area contributed by atoms with Crippen LogP contribution in [0.5, 0.6) is 5.75 Å². The largest absolute Gasteiger partial charge is 0.573 e. The van der Waals surface area contributed by atoms with E-state index in [1.165, 1.54) is 6.07 Å². The van der Waals surface area contributed by atoms with Crippen LogP contribution in [0, 0.1) is 0 Å². The quantitative estimate of drug-likeness (QED) is 0.887. The molecule has 20 heavy (non-hydrogen) atoms. The molecule has 0 amide bonds. The van der Waals surface area contributed by atoms with E-state index in [9.17, 15) is 18.0 Å². The van der Waals surface area contributed by atoms with Crippen molar-refractivity contribution in [2.45, 2.75) is 18.6 Å². The summed E-state index contributed by atoms with van der Waals surface area (Å²) in [6.07, 6.45) is -6.60. The summed E-state index contributed by atoms with van der Waals surface area (Å²) >= 11 is 3.13. The lowest BCUT2D eigenvalue weighted by atomic mass is 9.91. The van der Waals surface area contributed by atoms with Crippen molar-refractivity contribution < 1.29 is 32.5 Å². The highest BCUT2D eigenvalue weighted by Gasteiger charge is 2.49. The first-order chi connectivity index (χ1) is 9.29. The fraction of sp³-hybridized carbons (Fsp3) is 0.250. The Labute approximate surface area is 118 Å². The lowest BCUT2D eigenvalue weighted by Gasteiger charge is -2.18. The van der Waals surface area contributed by atoms with Crippen molar-refractivity contribution in [1.29, 1.82) is 0 Å². The van der Waals surface area contributed by atoms with Crippen LogP contribution in [0.25, 0.3) is 0 Å². The molecule has 1 aromatic carbocycles. The Hall–Kier alpha value is -1.54. The SMILES string of the molecule is O=C(O)C1=C(Br)[C@H]2O[C@@H]1c1c(OC(F)(F)F)cccc12. The number of alkyl halides is 3. The maximum absolute atomic E-state index is 12.4. The fourth-order valence-electron chi connectivity index (χ4n) is 2.45. The maximum Gasteiger partial charge on any atom is 0.573 e. The van der Waals surface area contributed by atoms with Gasteiger partial charge in [0.05, 0.1) is 5.57 Å². The molecule has 2 aliphatic rings. The summed E-state index contributed by atoms with van der Waals surface area (Å²) in [5, 5.41) is 9.12. The summed E-state index contributed by atoms with van der Waals surface area (Å²) in [5.74, 6) is -1.67. The highest BCUT2D eigenvalue weighted by atomic mass is 79.9. The van der Waals surface area contributed by atoms with Crippen molar-refractivity contribution in [2.24, 2.45) is 0 Å². The van der Waals surface area contributed by atoms with Crippen LogP contribution in [0.4, 0.5) is 13.2 Å². The zero-order valence-corrected chi connectivity index (χ0v) is 11.2. The predicted molar refractivity (Wildman–Crippen MR) is 63.3 cm³/mol. The van der Waals surface area contributed by atoms with Gasteiger partial charge in [0.15, 0.2) is 0 Å². The molecule has 0 aliphatic carbocycles. The van der Waals surface area contributed by atoms with Gasteiger partial charge in [-0.3, -0.25) is 0 Å². The van der Waals surface area contributed by atoms with E-state index in [0.29, 0.717) is 10.0 Å². The van der Waals surface area contributed by atoms with Gasteiger partial charge >= 0.3 is 12.3 Å². The summed E-state index contributed by atoms with van der Waals surface area (Å²) in [6.45, 7) is 0. The molecule has 2 heterocycles. The molecular weight excluding hydrogens is 345 g/mol. The third-order valence-electron chi connectivity index (χ3n) is 3.12. The minimum atomic E-state index is -4.85. The van der Waals surface area contributed by atoms with Gasteiger partial charge in [-0.05, 0) is 11.6 Å². The number of carboxylic acid groups (broad SMARTS) is 1. The van der Waals surface area contributed by atoms with Crippen LogP contribution < -0.4 is 4.74 Å². The summed E-state index contributed by atoms with van der Waals surface area (Å²) in [5.41, 5.74) is 0.504. The van der Waals surface area contributed by atoms with Crippen LogP contribution in [0.1, 0.15) is 23.3 Å². The molecule has 0 saturated heterocycles. The van der Waals surface area contributed by atoms with Crippen LogP contribution in [0.2, 0.25) is 0 Å². The number of carbonyl (C=O) groups is 1. The normalized spacial score (nSPS) is 24.0. The van der Waals surface area contributed by atoms with Crippen LogP contribution >= 0.6 is 15.9 Å². The molecule has 2 atom stereocenters. The molecule has 2 bridgehead atoms. The lowest BCUT2D eigenvalue weighted by molar-refractivity contribution is -0.275. The third-order valence-corrected chi connectivity index (χ3v) is 3.97. The number of benzene rings is 1. The highest BCUT2D eigenvalue weighted by Crippen LogP contribution is 2.58. The highest BCUT2D eigenvalue weighted by molar-refractivity contribution is 9.11. The number of aliphatic carboxylic acids is 1. The van der Waals surface area contributed by atoms with Gasteiger partial charge < -0.3 is 14.6 Å². The number of hydrogen-bond acceptors (Lipinski definition) is 3. The van der Waals surface area contributed by atoms with E-state index in [1.807, 2.05) is 0 Å². The first kappa shape index (κ1) is 13.4. The van der Waals surface area contributed by atoms with Gasteiger partial charge in [0.1, 0.15) is 18.0 Å². The fourth-order valence-corrected chi connectivity index (χ4v) is 3.18. The molecule has 2 aliphatic heterocycles. The van der Waals surface area contributed by atoms with Gasteiger partial charge in [0.25, 0.3) is 0 Å². The Bertz CT molecular complexity index is 638. The Morgan fingerprint density at radius 3 is 2.65 bits per heavy atom. The number of fused-ring (bicyclic) bond motifs is 5. The van der Waals surface area contributed by atoms with Gasteiger partial charge in [0, 0.05) is 10.0 Å². The smallest absolute Gasteiger partial charge is 0.478 e. The van der Waals surface area contributed by atoms with Crippen LogP contribution in [-0.4, -0.2) is 17.4 Å². The van der Waals surface area contributed by atoms with Crippen molar-refractivity contribution in [3.05, 3.63) is 39.4 Å². The first-order valence-electron chi connectivity index (χ1n) is 5.46. The van der Waals surface area contributed by atoms with Crippen LogP contribution in [-0.2, 0) is 9.53 Å². The second kappa shape index (κ2) is 4.23. The van der Waals surface area contributed by atoms with E-state index >= 15 is 0 Å². The van der Waals surface area contributed by atoms with Gasteiger partial charge in [-0.1, -0.05) is 28.1 Å². The summed E-state index contributed by atoms with van der Waals surface area (Å²) < 4.78 is 46.9. The van der Waals surface area contributed by atoms with Gasteiger partial charge in [0.2, 0.25) is 0 Å². The lowest BCUT2D eigenvalue weighted by Crippen LogP contribution is -2.20. The van der Waals surface area contributed by atoms with Crippen molar-refractivity contribution in [1.82, 2.24) is 0 Å². The number of ether oxygens (including phenoxy) is 2. The zero-order valence-electron chi connectivity index (χ0n) is 9.57. The van der Waals surface area contributed by atoms with E-state index in [0.717, 1.165) is 6.07 Å². The average molecular weight is 351 g/mol. The molecule has 0 fully saturated rings. The second-order valence-corrected chi connectivity index (χ2v) is 5.12. The molecule has 0 aromatic heterocycles. The van der Waals surface area contributed by atoms with Gasteiger partial charge in [-0.2, -0.15) is 0 Å². The standard InChI is InChI=1S/C12H6BrF3O4/c13-8-7(11(17)18)10-6-4(9(8)19-10)2-1-3-5(6)20-12(14,15)16/h1-3,9-10H,(H,17,18)/t9-,10+/m0/s1. The van der Waals surface area contributed by atoms with E-state index < -0.39 is 30.3 Å². The molecule has 0 radical (unpaired) electrons.